The lowest BCUT2D eigenvalue weighted by Crippen LogP contribution is -2.07. The number of nitrogens with zero attached hydrogens (tertiary/aromatic N) is 2. The van der Waals surface area contributed by atoms with E-state index in [4.69, 9.17) is 9.47 Å². The maximum absolute atomic E-state index is 12.1. The van der Waals surface area contributed by atoms with Crippen molar-refractivity contribution in [1.82, 2.24) is 4.57 Å². The van der Waals surface area contributed by atoms with Crippen molar-refractivity contribution < 1.29 is 14.3 Å². The minimum Gasteiger partial charge on any atom is -0.451 e. The third-order valence-corrected chi connectivity index (χ3v) is 5.01. The van der Waals surface area contributed by atoms with E-state index in [2.05, 4.69) is 6.07 Å². The second-order valence-electron chi connectivity index (χ2n) is 6.88. The summed E-state index contributed by atoms with van der Waals surface area (Å²) in [5.74, 6) is 0.798. The molecule has 30 heavy (non-hydrogen) atoms. The Kier molecular flexibility index (Phi) is 4.11. The van der Waals surface area contributed by atoms with E-state index in [9.17, 15) is 10.1 Å². The fraction of sp³-hybridized carbons (Fsp3) is 0.0400. The van der Waals surface area contributed by atoms with Crippen molar-refractivity contribution in [3.05, 3.63) is 95.8 Å². The number of rotatable bonds is 2. The van der Waals surface area contributed by atoms with E-state index in [-0.39, 0.29) is 5.76 Å². The molecule has 0 N–H and O–H groups in total. The van der Waals surface area contributed by atoms with Crippen LogP contribution in [0.3, 0.4) is 0 Å². The molecule has 0 amide bonds. The van der Waals surface area contributed by atoms with Gasteiger partial charge in [0, 0.05) is 23.3 Å². The Labute approximate surface area is 173 Å². The zero-order valence-electron chi connectivity index (χ0n) is 16.1. The van der Waals surface area contributed by atoms with E-state index in [1.54, 1.807) is 0 Å². The molecule has 0 fully saturated rings. The van der Waals surface area contributed by atoms with Gasteiger partial charge < -0.3 is 9.47 Å². The number of esters is 1. The topological polar surface area (TPSA) is 64.2 Å². The molecular formula is C25H16N2O3. The normalized spacial score (nSPS) is 12.4. The minimum absolute atomic E-state index is 0.280. The van der Waals surface area contributed by atoms with E-state index >= 15 is 0 Å². The van der Waals surface area contributed by atoms with Crippen LogP contribution in [0.15, 0.2) is 78.9 Å². The Morgan fingerprint density at radius 1 is 0.933 bits per heavy atom. The average molecular weight is 392 g/mol. The van der Waals surface area contributed by atoms with Gasteiger partial charge in [0.05, 0.1) is 5.69 Å². The smallest absolute Gasteiger partial charge is 0.308 e. The summed E-state index contributed by atoms with van der Waals surface area (Å²) in [5, 5.41) is 11.6. The second kappa shape index (κ2) is 6.94. The Morgan fingerprint density at radius 2 is 1.60 bits per heavy atom. The van der Waals surface area contributed by atoms with Gasteiger partial charge in [0.25, 0.3) is 0 Å². The Morgan fingerprint density at radius 3 is 2.33 bits per heavy atom. The maximum Gasteiger partial charge on any atom is 0.308 e. The van der Waals surface area contributed by atoms with Crippen LogP contribution in [0.1, 0.15) is 23.9 Å². The van der Waals surface area contributed by atoms with Crippen LogP contribution in [-0.2, 0) is 9.53 Å². The first-order valence-corrected chi connectivity index (χ1v) is 9.48. The van der Waals surface area contributed by atoms with Crippen molar-refractivity contribution in [3.63, 3.8) is 0 Å². The van der Waals surface area contributed by atoms with E-state index in [0.29, 0.717) is 28.6 Å². The molecule has 0 atom stereocenters. The molecule has 0 saturated heterocycles. The van der Waals surface area contributed by atoms with Crippen molar-refractivity contribution in [3.8, 4) is 17.5 Å². The zero-order chi connectivity index (χ0) is 20.7. The lowest BCUT2D eigenvalue weighted by Gasteiger charge is -2.13. The Balaban J connectivity index is 1.99. The monoisotopic (exact) mass is 392 g/mol. The largest absolute Gasteiger partial charge is 0.451 e. The third kappa shape index (κ3) is 2.66. The Bertz CT molecular complexity index is 1370. The fourth-order valence-corrected chi connectivity index (χ4v) is 3.83. The van der Waals surface area contributed by atoms with E-state index in [1.807, 2.05) is 83.4 Å². The quantitative estimate of drug-likeness (QED) is 0.435. The number of hydrogen-bond acceptors (Lipinski definition) is 4. The van der Waals surface area contributed by atoms with Gasteiger partial charge in [0.15, 0.2) is 17.3 Å². The highest BCUT2D eigenvalue weighted by Gasteiger charge is 2.31. The molecule has 5 heteroatoms. The summed E-state index contributed by atoms with van der Waals surface area (Å²) in [6.07, 6.45) is 0. The molecule has 1 aliphatic rings. The standard InChI is InChI=1S/C25H16N2O3/c1-16(28)29-25-23-19-12-6-5-11-18(19)21(15-26)27(23)20-13-7-8-14-22(20)30-24(25)17-9-3-2-4-10-17/h2-14H,1H3. The molecule has 0 bridgehead atoms. The number of ether oxygens (including phenoxy) is 2. The summed E-state index contributed by atoms with van der Waals surface area (Å²) in [7, 11) is 0. The van der Waals surface area contributed by atoms with Gasteiger partial charge in [0.2, 0.25) is 0 Å². The molecule has 3 aromatic carbocycles. The number of benzene rings is 3. The summed E-state index contributed by atoms with van der Waals surface area (Å²) in [5.41, 5.74) is 2.54. The van der Waals surface area contributed by atoms with Gasteiger partial charge in [-0.3, -0.25) is 9.36 Å². The zero-order valence-corrected chi connectivity index (χ0v) is 16.1. The number of aromatic nitrogens is 1. The van der Waals surface area contributed by atoms with Crippen molar-refractivity contribution in [2.45, 2.75) is 6.92 Å². The number of fused-ring (bicyclic) bond motifs is 5. The lowest BCUT2D eigenvalue weighted by molar-refractivity contribution is -0.134. The van der Waals surface area contributed by atoms with Crippen LogP contribution in [0.25, 0.3) is 28.0 Å². The molecule has 5 nitrogen and oxygen atoms in total. The Hall–Kier alpha value is -4.30. The van der Waals surface area contributed by atoms with E-state index in [0.717, 1.165) is 16.3 Å². The van der Waals surface area contributed by atoms with Gasteiger partial charge >= 0.3 is 5.97 Å². The van der Waals surface area contributed by atoms with Gasteiger partial charge in [-0.2, -0.15) is 5.26 Å². The van der Waals surface area contributed by atoms with Gasteiger partial charge in [-0.1, -0.05) is 66.7 Å². The summed E-state index contributed by atoms with van der Waals surface area (Å²) in [6, 6.07) is 26.9. The molecule has 2 heterocycles. The molecule has 1 aromatic heterocycles. The van der Waals surface area contributed by atoms with Crippen molar-refractivity contribution in [2.75, 3.05) is 0 Å². The highest BCUT2D eigenvalue weighted by atomic mass is 16.6. The molecule has 0 aliphatic carbocycles. The highest BCUT2D eigenvalue weighted by molar-refractivity contribution is 6.03. The SMILES string of the molecule is CC(=O)OC1=C(c2ccccc2)Oc2ccccc2-n2c(C#N)c3ccccc3c21. The second-order valence-corrected chi connectivity index (χ2v) is 6.88. The minimum atomic E-state index is -0.469. The van der Waals surface area contributed by atoms with Crippen molar-refractivity contribution >= 4 is 28.3 Å². The average Bonchev–Trinajstić information content (AvgIpc) is 3.03. The maximum atomic E-state index is 12.1. The predicted molar refractivity (Wildman–Crippen MR) is 114 cm³/mol. The van der Waals surface area contributed by atoms with Crippen LogP contribution < -0.4 is 4.74 Å². The first-order chi connectivity index (χ1) is 14.7. The van der Waals surface area contributed by atoms with Crippen LogP contribution in [0.5, 0.6) is 5.75 Å². The summed E-state index contributed by atoms with van der Waals surface area (Å²) < 4.78 is 13.9. The number of nitriles is 1. The van der Waals surface area contributed by atoms with Crippen LogP contribution >= 0.6 is 0 Å². The van der Waals surface area contributed by atoms with Crippen molar-refractivity contribution in [2.24, 2.45) is 0 Å². The highest BCUT2D eigenvalue weighted by Crippen LogP contribution is 2.43. The fourth-order valence-electron chi connectivity index (χ4n) is 3.83. The van der Waals surface area contributed by atoms with Gasteiger partial charge in [0.1, 0.15) is 17.5 Å². The first kappa shape index (κ1) is 17.8. The van der Waals surface area contributed by atoms with Crippen LogP contribution in [0.4, 0.5) is 0 Å². The summed E-state index contributed by atoms with van der Waals surface area (Å²) >= 11 is 0. The molecule has 0 radical (unpaired) electrons. The molecule has 0 spiro atoms. The predicted octanol–water partition coefficient (Wildman–Crippen LogP) is 5.28. The van der Waals surface area contributed by atoms with E-state index < -0.39 is 5.97 Å². The molecule has 4 aromatic rings. The van der Waals surface area contributed by atoms with Gasteiger partial charge in [-0.25, -0.2) is 0 Å². The first-order valence-electron chi connectivity index (χ1n) is 9.48. The summed E-state index contributed by atoms with van der Waals surface area (Å²) in [4.78, 5) is 12.1. The number of carbonyl (C=O) groups excluding carboxylic acids is 1. The van der Waals surface area contributed by atoms with Gasteiger partial charge in [-0.15, -0.1) is 0 Å². The van der Waals surface area contributed by atoms with Crippen LogP contribution in [-0.4, -0.2) is 10.5 Å². The molecular weight excluding hydrogens is 376 g/mol. The molecule has 0 saturated carbocycles. The number of carbonyl (C=O) groups is 1. The molecule has 1 aliphatic heterocycles. The lowest BCUT2D eigenvalue weighted by atomic mass is 10.1. The number of para-hydroxylation sites is 2. The van der Waals surface area contributed by atoms with Crippen molar-refractivity contribution in [1.29, 1.82) is 5.26 Å². The van der Waals surface area contributed by atoms with Gasteiger partial charge in [-0.05, 0) is 12.1 Å². The summed E-state index contributed by atoms with van der Waals surface area (Å²) in [6.45, 7) is 1.36. The van der Waals surface area contributed by atoms with Crippen LogP contribution in [0.2, 0.25) is 0 Å². The molecule has 144 valence electrons. The van der Waals surface area contributed by atoms with E-state index in [1.165, 1.54) is 6.92 Å². The molecule has 5 rings (SSSR count). The number of hydrogen-bond donors (Lipinski definition) is 0. The molecule has 0 unspecified atom stereocenters. The van der Waals surface area contributed by atoms with Crippen LogP contribution in [0, 0.1) is 11.3 Å². The third-order valence-electron chi connectivity index (χ3n) is 5.01.